The predicted octanol–water partition coefficient (Wildman–Crippen LogP) is 7.13. The Morgan fingerprint density at radius 3 is 1.69 bits per heavy atom. The van der Waals surface area contributed by atoms with E-state index in [1.165, 1.54) is 81.9 Å². The summed E-state index contributed by atoms with van der Waals surface area (Å²) in [6.07, 6.45) is 23.0. The van der Waals surface area contributed by atoms with E-state index in [2.05, 4.69) is 12.8 Å². The number of carbonyl (C=O) groups excluding carboxylic acids is 2. The molecule has 0 radical (unpaired) electrons. The molecule has 0 rings (SSSR count). The molecule has 0 saturated heterocycles. The minimum Gasteiger partial charge on any atom is -0.464 e. The van der Waals surface area contributed by atoms with Crippen LogP contribution >= 0.6 is 0 Å². The maximum atomic E-state index is 12.5. The third-order valence-corrected chi connectivity index (χ3v) is 5.79. The standard InChI is InChI=1S/C27H49NO4/c1-6-8-10-11-12-13-14-15-16-17-18-19-20-21-23-31-26(29)25(24(3)4)28(5)27(30)32-22-9-7-2/h2,24-25H,6,8-23H2,1,3-5H3. The number of ether oxygens (including phenoxy) is 2. The lowest BCUT2D eigenvalue weighted by Gasteiger charge is -2.28. The summed E-state index contributed by atoms with van der Waals surface area (Å²) >= 11 is 0. The number of unbranched alkanes of at least 4 members (excludes halogenated alkanes) is 13. The van der Waals surface area contributed by atoms with E-state index in [0.29, 0.717) is 13.0 Å². The highest BCUT2D eigenvalue weighted by Crippen LogP contribution is 2.15. The molecule has 0 N–H and O–H groups in total. The van der Waals surface area contributed by atoms with E-state index in [1.807, 2.05) is 13.8 Å². The van der Waals surface area contributed by atoms with Crippen molar-refractivity contribution in [2.45, 2.75) is 123 Å². The van der Waals surface area contributed by atoms with Gasteiger partial charge in [0.05, 0.1) is 6.61 Å². The third-order valence-electron chi connectivity index (χ3n) is 5.79. The van der Waals surface area contributed by atoms with Gasteiger partial charge in [-0.15, -0.1) is 12.3 Å². The third kappa shape index (κ3) is 16.0. The normalized spacial score (nSPS) is 11.8. The van der Waals surface area contributed by atoms with Gasteiger partial charge in [-0.2, -0.15) is 0 Å². The number of likely N-dealkylation sites (N-methyl/N-ethyl adjacent to an activating group) is 1. The zero-order chi connectivity index (χ0) is 24.0. The van der Waals surface area contributed by atoms with Gasteiger partial charge in [0.25, 0.3) is 0 Å². The lowest BCUT2D eigenvalue weighted by Crippen LogP contribution is -2.46. The molecule has 186 valence electrons. The molecule has 1 atom stereocenters. The second kappa shape index (κ2) is 21.2. The van der Waals surface area contributed by atoms with Gasteiger partial charge in [-0.05, 0) is 12.3 Å². The van der Waals surface area contributed by atoms with Gasteiger partial charge in [-0.3, -0.25) is 4.90 Å². The fourth-order valence-electron chi connectivity index (χ4n) is 3.84. The smallest absolute Gasteiger partial charge is 0.410 e. The number of terminal acetylenes is 1. The van der Waals surface area contributed by atoms with Crippen LogP contribution in [0.2, 0.25) is 0 Å². The van der Waals surface area contributed by atoms with Crippen LogP contribution in [0, 0.1) is 18.3 Å². The van der Waals surface area contributed by atoms with Crippen molar-refractivity contribution in [3.05, 3.63) is 0 Å². The fraction of sp³-hybridized carbons (Fsp3) is 0.852. The average Bonchev–Trinajstić information content (AvgIpc) is 2.76. The van der Waals surface area contributed by atoms with E-state index in [1.54, 1.807) is 7.05 Å². The van der Waals surface area contributed by atoms with Crippen LogP contribution in [0.1, 0.15) is 117 Å². The number of amides is 1. The first-order valence-corrected chi connectivity index (χ1v) is 12.9. The maximum Gasteiger partial charge on any atom is 0.410 e. The van der Waals surface area contributed by atoms with Gasteiger partial charge in [-0.25, -0.2) is 9.59 Å². The van der Waals surface area contributed by atoms with Crippen molar-refractivity contribution in [2.24, 2.45) is 5.92 Å². The molecule has 5 heteroatoms. The predicted molar refractivity (Wildman–Crippen MR) is 132 cm³/mol. The molecule has 0 aromatic heterocycles. The second-order valence-electron chi connectivity index (χ2n) is 9.13. The van der Waals surface area contributed by atoms with Crippen LogP contribution in [-0.4, -0.2) is 43.3 Å². The second-order valence-corrected chi connectivity index (χ2v) is 9.13. The summed E-state index contributed by atoms with van der Waals surface area (Å²) in [5.74, 6) is 1.99. The first kappa shape index (κ1) is 30.3. The lowest BCUT2D eigenvalue weighted by molar-refractivity contribution is -0.150. The molecule has 32 heavy (non-hydrogen) atoms. The molecule has 0 bridgehead atoms. The van der Waals surface area contributed by atoms with Crippen molar-refractivity contribution in [2.75, 3.05) is 20.3 Å². The Labute approximate surface area is 198 Å². The average molecular weight is 452 g/mol. The molecule has 0 aliphatic heterocycles. The summed E-state index contributed by atoms with van der Waals surface area (Å²) in [5.41, 5.74) is 0. The van der Waals surface area contributed by atoms with Gasteiger partial charge in [-0.1, -0.05) is 104 Å². The Balaban J connectivity index is 3.78. The molecule has 0 saturated carbocycles. The SMILES string of the molecule is C#CCCOC(=O)N(C)C(C(=O)OCCCCCCCCCCCCCCCC)C(C)C. The molecular formula is C27H49NO4. The van der Waals surface area contributed by atoms with Gasteiger partial charge in [0.2, 0.25) is 0 Å². The van der Waals surface area contributed by atoms with Crippen LogP contribution in [0.3, 0.4) is 0 Å². The number of hydrogen-bond acceptors (Lipinski definition) is 4. The highest BCUT2D eigenvalue weighted by molar-refractivity contribution is 5.81. The van der Waals surface area contributed by atoms with E-state index >= 15 is 0 Å². The highest BCUT2D eigenvalue weighted by atomic mass is 16.6. The summed E-state index contributed by atoms with van der Waals surface area (Å²) < 4.78 is 10.5. The van der Waals surface area contributed by atoms with Gasteiger partial charge >= 0.3 is 12.1 Å². The maximum absolute atomic E-state index is 12.5. The fourth-order valence-corrected chi connectivity index (χ4v) is 3.84. The number of nitrogens with zero attached hydrogens (tertiary/aromatic N) is 1. The van der Waals surface area contributed by atoms with Crippen molar-refractivity contribution in [1.29, 1.82) is 0 Å². The molecule has 0 aliphatic carbocycles. The molecule has 0 fully saturated rings. The highest BCUT2D eigenvalue weighted by Gasteiger charge is 2.32. The van der Waals surface area contributed by atoms with Crippen LogP contribution in [0.25, 0.3) is 0 Å². The summed E-state index contributed by atoms with van der Waals surface area (Å²) in [4.78, 5) is 25.9. The van der Waals surface area contributed by atoms with E-state index in [4.69, 9.17) is 15.9 Å². The molecular weight excluding hydrogens is 402 g/mol. The molecule has 0 aromatic rings. The van der Waals surface area contributed by atoms with Crippen molar-refractivity contribution >= 4 is 12.1 Å². The van der Waals surface area contributed by atoms with Crippen LogP contribution < -0.4 is 0 Å². The monoisotopic (exact) mass is 451 g/mol. The summed E-state index contributed by atoms with van der Waals surface area (Å²) in [7, 11) is 1.57. The Morgan fingerprint density at radius 1 is 0.781 bits per heavy atom. The molecule has 0 spiro atoms. The van der Waals surface area contributed by atoms with Gasteiger partial charge in [0.1, 0.15) is 12.6 Å². The first-order chi connectivity index (χ1) is 15.5. The van der Waals surface area contributed by atoms with Gasteiger partial charge < -0.3 is 9.47 Å². The van der Waals surface area contributed by atoms with Gasteiger partial charge in [0.15, 0.2) is 0 Å². The van der Waals surface area contributed by atoms with Crippen LogP contribution in [-0.2, 0) is 14.3 Å². The number of hydrogen-bond donors (Lipinski definition) is 0. The summed E-state index contributed by atoms with van der Waals surface area (Å²) in [6, 6.07) is -0.653. The Hall–Kier alpha value is -1.70. The summed E-state index contributed by atoms with van der Waals surface area (Å²) in [5, 5.41) is 0. The number of rotatable bonds is 20. The topological polar surface area (TPSA) is 55.8 Å². The number of carbonyl (C=O) groups is 2. The van der Waals surface area contributed by atoms with E-state index in [9.17, 15) is 9.59 Å². The quantitative estimate of drug-likeness (QED) is 0.112. The zero-order valence-corrected chi connectivity index (χ0v) is 21.3. The van der Waals surface area contributed by atoms with Crippen LogP contribution in [0.4, 0.5) is 4.79 Å². The van der Waals surface area contributed by atoms with Gasteiger partial charge in [0, 0.05) is 13.5 Å². The van der Waals surface area contributed by atoms with E-state index < -0.39 is 12.1 Å². The van der Waals surface area contributed by atoms with Crippen molar-refractivity contribution in [3.63, 3.8) is 0 Å². The van der Waals surface area contributed by atoms with E-state index in [-0.39, 0.29) is 18.5 Å². The Morgan fingerprint density at radius 2 is 1.25 bits per heavy atom. The zero-order valence-electron chi connectivity index (χ0n) is 21.3. The van der Waals surface area contributed by atoms with Crippen molar-refractivity contribution in [3.8, 4) is 12.3 Å². The Bertz CT molecular complexity index is 512. The molecule has 1 unspecified atom stereocenters. The van der Waals surface area contributed by atoms with E-state index in [0.717, 1.165) is 12.8 Å². The minimum absolute atomic E-state index is 0.0657. The molecule has 5 nitrogen and oxygen atoms in total. The first-order valence-electron chi connectivity index (χ1n) is 12.9. The summed E-state index contributed by atoms with van der Waals surface area (Å²) in [6.45, 7) is 6.60. The largest absolute Gasteiger partial charge is 0.464 e. The minimum atomic E-state index is -0.653. The van der Waals surface area contributed by atoms with Crippen molar-refractivity contribution < 1.29 is 19.1 Å². The van der Waals surface area contributed by atoms with Crippen molar-refractivity contribution in [1.82, 2.24) is 4.90 Å². The van der Waals surface area contributed by atoms with Crippen LogP contribution in [0.5, 0.6) is 0 Å². The molecule has 1 amide bonds. The lowest BCUT2D eigenvalue weighted by atomic mass is 10.0. The molecule has 0 heterocycles. The Kier molecular flexibility index (Phi) is 20.0. The number of esters is 1. The van der Waals surface area contributed by atoms with Crippen LogP contribution in [0.15, 0.2) is 0 Å². The molecule has 0 aliphatic rings. The molecule has 0 aromatic carbocycles.